The smallest absolute Gasteiger partial charge is 0.267 e. The van der Waals surface area contributed by atoms with E-state index >= 15 is 0 Å². The number of nitrogens with one attached hydrogen (secondary N) is 1. The SMILES string of the molecule is CC(C)c1csc(/C=C/c2ccn3c(=O)c(/C=C/c4nn[nH]n4)c(N4CCCC(O)C4)nc3c2)n1. The van der Waals surface area contributed by atoms with Gasteiger partial charge >= 0.3 is 0 Å². The lowest BCUT2D eigenvalue weighted by atomic mass is 10.1. The second kappa shape index (κ2) is 9.88. The summed E-state index contributed by atoms with van der Waals surface area (Å²) < 4.78 is 1.53. The van der Waals surface area contributed by atoms with Crippen LogP contribution in [-0.4, -0.2) is 59.3 Å². The fourth-order valence-electron chi connectivity index (χ4n) is 4.00. The minimum Gasteiger partial charge on any atom is -0.391 e. The molecule has 5 rings (SSSR count). The number of tetrazole rings is 1. The molecule has 4 aromatic heterocycles. The number of aliphatic hydroxyl groups excluding tert-OH is 1. The summed E-state index contributed by atoms with van der Waals surface area (Å²) in [7, 11) is 0. The third-order valence-corrected chi connectivity index (χ3v) is 6.70. The van der Waals surface area contributed by atoms with E-state index < -0.39 is 6.10 Å². The lowest BCUT2D eigenvalue weighted by Gasteiger charge is -2.32. The number of hydrogen-bond donors (Lipinski definition) is 2. The maximum Gasteiger partial charge on any atom is 0.267 e. The van der Waals surface area contributed by atoms with Crippen LogP contribution in [0.15, 0.2) is 28.5 Å². The van der Waals surface area contributed by atoms with Gasteiger partial charge in [-0.1, -0.05) is 19.9 Å². The van der Waals surface area contributed by atoms with Gasteiger partial charge in [-0.05, 0) is 59.9 Å². The number of rotatable bonds is 6. The largest absolute Gasteiger partial charge is 0.391 e. The average molecular weight is 491 g/mol. The highest BCUT2D eigenvalue weighted by atomic mass is 32.1. The molecule has 0 aliphatic carbocycles. The monoisotopic (exact) mass is 490 g/mol. The molecule has 1 atom stereocenters. The summed E-state index contributed by atoms with van der Waals surface area (Å²) in [6.45, 7) is 5.39. The Balaban J connectivity index is 1.54. The number of fused-ring (bicyclic) bond motifs is 1. The summed E-state index contributed by atoms with van der Waals surface area (Å²) in [5.41, 5.74) is 2.73. The van der Waals surface area contributed by atoms with Crippen LogP contribution in [0.3, 0.4) is 0 Å². The number of anilines is 1. The van der Waals surface area contributed by atoms with Crippen molar-refractivity contribution >= 4 is 47.1 Å². The fraction of sp³-hybridized carbons (Fsp3) is 0.333. The average Bonchev–Trinajstić information content (AvgIpc) is 3.54. The number of aromatic amines is 1. The number of hydrogen-bond acceptors (Lipinski definition) is 9. The molecule has 1 saturated heterocycles. The molecule has 10 nitrogen and oxygen atoms in total. The van der Waals surface area contributed by atoms with Gasteiger partial charge in [0.2, 0.25) is 0 Å². The summed E-state index contributed by atoms with van der Waals surface area (Å²) in [5, 5.41) is 27.0. The number of nitrogens with zero attached hydrogens (tertiary/aromatic N) is 7. The highest BCUT2D eigenvalue weighted by Gasteiger charge is 2.23. The summed E-state index contributed by atoms with van der Waals surface area (Å²) in [4.78, 5) is 24.9. The summed E-state index contributed by atoms with van der Waals surface area (Å²) in [6, 6.07) is 3.76. The Hall–Kier alpha value is -3.70. The molecular weight excluding hydrogens is 464 g/mol. The zero-order chi connectivity index (χ0) is 24.4. The van der Waals surface area contributed by atoms with Crippen molar-refractivity contribution < 1.29 is 5.11 Å². The molecule has 0 aromatic carbocycles. The van der Waals surface area contributed by atoms with Crippen molar-refractivity contribution in [3.63, 3.8) is 0 Å². The van der Waals surface area contributed by atoms with Crippen LogP contribution in [-0.2, 0) is 0 Å². The molecule has 35 heavy (non-hydrogen) atoms. The van der Waals surface area contributed by atoms with Crippen LogP contribution in [0.2, 0.25) is 0 Å². The van der Waals surface area contributed by atoms with Crippen LogP contribution in [0, 0.1) is 0 Å². The van der Waals surface area contributed by atoms with E-state index in [4.69, 9.17) is 4.98 Å². The number of thiazole rings is 1. The summed E-state index contributed by atoms with van der Waals surface area (Å²) in [5.74, 6) is 1.29. The Bertz CT molecular complexity index is 1440. The van der Waals surface area contributed by atoms with Gasteiger partial charge in [0, 0.05) is 24.7 Å². The van der Waals surface area contributed by atoms with Gasteiger partial charge in [0.05, 0.1) is 17.4 Å². The van der Waals surface area contributed by atoms with Crippen LogP contribution >= 0.6 is 11.3 Å². The maximum atomic E-state index is 13.5. The van der Waals surface area contributed by atoms with Crippen LogP contribution in [0.4, 0.5) is 5.82 Å². The van der Waals surface area contributed by atoms with Crippen LogP contribution in [0.1, 0.15) is 60.3 Å². The zero-order valence-corrected chi connectivity index (χ0v) is 20.3. The molecule has 0 bridgehead atoms. The number of aliphatic hydroxyl groups is 1. The van der Waals surface area contributed by atoms with Crippen LogP contribution < -0.4 is 10.5 Å². The number of aromatic nitrogens is 7. The second-order valence-electron chi connectivity index (χ2n) is 8.79. The molecule has 0 radical (unpaired) electrons. The third-order valence-electron chi connectivity index (χ3n) is 5.88. The highest BCUT2D eigenvalue weighted by molar-refractivity contribution is 7.10. The Morgan fingerprint density at radius 3 is 2.86 bits per heavy atom. The van der Waals surface area contributed by atoms with Gasteiger partial charge in [-0.15, -0.1) is 21.5 Å². The second-order valence-corrected chi connectivity index (χ2v) is 9.68. The number of H-pyrrole nitrogens is 1. The molecular formula is C24H26N8O2S. The standard InChI is InChI=1S/C24H26N8O2S/c1-15(2)19-14-35-22(25-19)8-5-16-9-11-32-21(12-16)26-23(31-10-3-4-17(33)13-31)18(24(32)34)6-7-20-27-29-30-28-20/h5-9,11-12,14-15,17,33H,3-4,10,13H2,1-2H3,(H,27,28,29,30)/b7-6+,8-5+. The van der Waals surface area contributed by atoms with E-state index in [0.717, 1.165) is 29.1 Å². The molecule has 1 fully saturated rings. The van der Waals surface area contributed by atoms with Gasteiger partial charge in [0.1, 0.15) is 16.5 Å². The molecule has 5 heterocycles. The first-order valence-electron chi connectivity index (χ1n) is 11.5. The van der Waals surface area contributed by atoms with Gasteiger partial charge in [0.15, 0.2) is 5.82 Å². The third kappa shape index (κ3) is 5.05. The Morgan fingerprint density at radius 1 is 1.23 bits per heavy atom. The lowest BCUT2D eigenvalue weighted by Crippen LogP contribution is -2.40. The topological polar surface area (TPSA) is 125 Å². The number of piperidine rings is 1. The first-order chi connectivity index (χ1) is 17.0. The quantitative estimate of drug-likeness (QED) is 0.422. The molecule has 0 spiro atoms. The Kier molecular flexibility index (Phi) is 6.51. The normalized spacial score (nSPS) is 16.9. The van der Waals surface area contributed by atoms with E-state index in [1.165, 1.54) is 4.40 Å². The van der Waals surface area contributed by atoms with Gasteiger partial charge in [-0.3, -0.25) is 9.20 Å². The lowest BCUT2D eigenvalue weighted by molar-refractivity contribution is 0.154. The Morgan fingerprint density at radius 2 is 2.11 bits per heavy atom. The molecule has 1 aliphatic rings. The minimum absolute atomic E-state index is 0.207. The van der Waals surface area contributed by atoms with Crippen molar-refractivity contribution in [2.45, 2.75) is 38.7 Å². The van der Waals surface area contributed by atoms with Gasteiger partial charge in [0.25, 0.3) is 5.56 Å². The van der Waals surface area contributed by atoms with Crippen molar-refractivity contribution in [3.05, 3.63) is 61.7 Å². The molecule has 0 saturated carbocycles. The van der Waals surface area contributed by atoms with E-state index in [2.05, 4.69) is 44.8 Å². The molecule has 1 unspecified atom stereocenters. The van der Waals surface area contributed by atoms with Gasteiger partial charge in [-0.2, -0.15) is 5.21 Å². The van der Waals surface area contributed by atoms with E-state index in [-0.39, 0.29) is 5.56 Å². The molecule has 2 N–H and O–H groups in total. The molecule has 4 aromatic rings. The maximum absolute atomic E-state index is 13.5. The number of pyridine rings is 1. The first kappa shape index (κ1) is 23.1. The van der Waals surface area contributed by atoms with E-state index in [0.29, 0.717) is 41.9 Å². The predicted octanol–water partition coefficient (Wildman–Crippen LogP) is 3.09. The van der Waals surface area contributed by atoms with Crippen molar-refractivity contribution in [2.75, 3.05) is 18.0 Å². The predicted molar refractivity (Wildman–Crippen MR) is 137 cm³/mol. The molecule has 1 aliphatic heterocycles. The van der Waals surface area contributed by atoms with Crippen molar-refractivity contribution in [3.8, 4) is 0 Å². The molecule has 11 heteroatoms. The van der Waals surface area contributed by atoms with Crippen LogP contribution in [0.25, 0.3) is 30.0 Å². The number of β-amino-alcohol motifs (C(OH)–C–C–N with tert-alkyl or cyclic N) is 1. The zero-order valence-electron chi connectivity index (χ0n) is 19.5. The first-order valence-corrected chi connectivity index (χ1v) is 12.4. The highest BCUT2D eigenvalue weighted by Crippen LogP contribution is 2.24. The summed E-state index contributed by atoms with van der Waals surface area (Å²) >= 11 is 1.61. The van der Waals surface area contributed by atoms with E-state index in [1.54, 1.807) is 29.7 Å². The molecule has 180 valence electrons. The van der Waals surface area contributed by atoms with E-state index in [1.807, 2.05) is 29.2 Å². The van der Waals surface area contributed by atoms with Crippen molar-refractivity contribution in [1.82, 2.24) is 35.0 Å². The minimum atomic E-state index is -0.457. The van der Waals surface area contributed by atoms with Gasteiger partial charge in [-0.25, -0.2) is 9.97 Å². The van der Waals surface area contributed by atoms with E-state index in [9.17, 15) is 9.90 Å². The summed E-state index contributed by atoms with van der Waals surface area (Å²) in [6.07, 6.45) is 10.1. The Labute approximate surface area is 205 Å². The van der Waals surface area contributed by atoms with Crippen molar-refractivity contribution in [1.29, 1.82) is 0 Å². The van der Waals surface area contributed by atoms with Crippen molar-refractivity contribution in [2.24, 2.45) is 0 Å². The fourth-order valence-corrected chi connectivity index (χ4v) is 4.87. The molecule has 0 amide bonds. The van der Waals surface area contributed by atoms with Crippen LogP contribution in [0.5, 0.6) is 0 Å². The van der Waals surface area contributed by atoms with Gasteiger partial charge < -0.3 is 10.0 Å².